The highest BCUT2D eigenvalue weighted by Gasteiger charge is 2.54. The quantitative estimate of drug-likeness (QED) is 0.805. The maximum absolute atomic E-state index is 6.29. The van der Waals surface area contributed by atoms with Crippen molar-refractivity contribution in [3.8, 4) is 0 Å². The third-order valence-corrected chi connectivity index (χ3v) is 4.95. The van der Waals surface area contributed by atoms with Crippen LogP contribution in [0.15, 0.2) is 60.7 Å². The van der Waals surface area contributed by atoms with Gasteiger partial charge in [-0.1, -0.05) is 60.7 Å². The average molecular weight is 324 g/mol. The molecule has 1 heterocycles. The lowest BCUT2D eigenvalue weighted by molar-refractivity contribution is -0.182. The molecule has 1 aliphatic heterocycles. The van der Waals surface area contributed by atoms with Crippen molar-refractivity contribution in [1.82, 2.24) is 0 Å². The first kappa shape index (κ1) is 15.8. The fourth-order valence-corrected chi connectivity index (χ4v) is 3.54. The van der Waals surface area contributed by atoms with Gasteiger partial charge in [-0.2, -0.15) is 0 Å². The second-order valence-corrected chi connectivity index (χ2v) is 6.80. The maximum atomic E-state index is 6.29. The molecule has 1 saturated heterocycles. The molecule has 2 fully saturated rings. The highest BCUT2D eigenvalue weighted by atomic mass is 16.6. The van der Waals surface area contributed by atoms with Gasteiger partial charge in [-0.3, -0.25) is 0 Å². The molecule has 0 radical (unpaired) electrons. The molecule has 0 amide bonds. The molecule has 0 unspecified atom stereocenters. The summed E-state index contributed by atoms with van der Waals surface area (Å²) in [5, 5.41) is 0. The van der Waals surface area contributed by atoms with Gasteiger partial charge in [0.1, 0.15) is 6.10 Å². The van der Waals surface area contributed by atoms with Gasteiger partial charge in [-0.15, -0.1) is 0 Å². The van der Waals surface area contributed by atoms with Crippen molar-refractivity contribution in [2.24, 2.45) is 5.92 Å². The number of hydrogen-bond donors (Lipinski definition) is 0. The largest absolute Gasteiger partial charge is 0.372 e. The summed E-state index contributed by atoms with van der Waals surface area (Å²) in [4.78, 5) is 0. The second kappa shape index (κ2) is 7.06. The lowest BCUT2D eigenvalue weighted by Crippen LogP contribution is -2.47. The second-order valence-electron chi connectivity index (χ2n) is 6.80. The van der Waals surface area contributed by atoms with Crippen LogP contribution in [-0.4, -0.2) is 24.4 Å². The molecule has 2 aromatic carbocycles. The molecule has 0 aromatic heterocycles. The lowest BCUT2D eigenvalue weighted by Gasteiger charge is -2.36. The van der Waals surface area contributed by atoms with E-state index in [1.165, 1.54) is 11.1 Å². The van der Waals surface area contributed by atoms with Gasteiger partial charge in [0.25, 0.3) is 0 Å². The van der Waals surface area contributed by atoms with Gasteiger partial charge in [-0.05, 0) is 24.5 Å². The molecule has 3 nitrogen and oxygen atoms in total. The van der Waals surface area contributed by atoms with E-state index in [9.17, 15) is 0 Å². The van der Waals surface area contributed by atoms with Crippen LogP contribution in [0.5, 0.6) is 0 Å². The monoisotopic (exact) mass is 324 g/mol. The Morgan fingerprint density at radius 2 is 1.38 bits per heavy atom. The zero-order valence-electron chi connectivity index (χ0n) is 14.0. The van der Waals surface area contributed by atoms with Crippen LogP contribution >= 0.6 is 0 Å². The van der Waals surface area contributed by atoms with E-state index in [2.05, 4.69) is 43.3 Å². The molecule has 0 spiro atoms. The molecule has 4 rings (SSSR count). The van der Waals surface area contributed by atoms with Crippen molar-refractivity contribution in [3.63, 3.8) is 0 Å². The first-order valence-corrected chi connectivity index (χ1v) is 8.78. The molecule has 2 aromatic rings. The van der Waals surface area contributed by atoms with Crippen LogP contribution in [-0.2, 0) is 27.4 Å². The first-order valence-electron chi connectivity index (χ1n) is 8.78. The third kappa shape index (κ3) is 3.54. The van der Waals surface area contributed by atoms with Crippen molar-refractivity contribution < 1.29 is 14.2 Å². The van der Waals surface area contributed by atoms with Crippen LogP contribution in [0.3, 0.4) is 0 Å². The summed E-state index contributed by atoms with van der Waals surface area (Å²) >= 11 is 0. The van der Waals surface area contributed by atoms with E-state index in [4.69, 9.17) is 14.2 Å². The van der Waals surface area contributed by atoms with Crippen LogP contribution in [0.1, 0.15) is 24.5 Å². The number of rotatable bonds is 6. The Kier molecular flexibility index (Phi) is 4.65. The zero-order chi connectivity index (χ0) is 16.4. The fourth-order valence-electron chi connectivity index (χ4n) is 3.54. The number of ether oxygens (including phenoxy) is 3. The molecule has 126 valence electrons. The molecular weight excluding hydrogens is 300 g/mol. The lowest BCUT2D eigenvalue weighted by atomic mass is 10.0. The Morgan fingerprint density at radius 1 is 0.833 bits per heavy atom. The summed E-state index contributed by atoms with van der Waals surface area (Å²) in [5.41, 5.74) is 2.39. The summed E-state index contributed by atoms with van der Waals surface area (Å²) in [6.07, 6.45) is 1.62. The van der Waals surface area contributed by atoms with Crippen molar-refractivity contribution in [3.05, 3.63) is 71.8 Å². The summed E-state index contributed by atoms with van der Waals surface area (Å²) in [7, 11) is 0. The van der Waals surface area contributed by atoms with E-state index in [1.807, 2.05) is 24.3 Å². The molecular formula is C21H24O3. The van der Waals surface area contributed by atoms with E-state index in [0.29, 0.717) is 25.2 Å². The van der Waals surface area contributed by atoms with E-state index < -0.39 is 0 Å². The summed E-state index contributed by atoms with van der Waals surface area (Å²) in [5.74, 6) is 0.477. The summed E-state index contributed by atoms with van der Waals surface area (Å²) in [6.45, 7) is 3.33. The van der Waals surface area contributed by atoms with Crippen molar-refractivity contribution in [2.45, 2.75) is 51.0 Å². The van der Waals surface area contributed by atoms with Gasteiger partial charge in [-0.25, -0.2) is 0 Å². The molecule has 2 aliphatic rings. The summed E-state index contributed by atoms with van der Waals surface area (Å²) < 4.78 is 18.6. The predicted octanol–water partition coefficient (Wildman–Crippen LogP) is 3.96. The van der Waals surface area contributed by atoms with Crippen molar-refractivity contribution in [2.75, 3.05) is 0 Å². The molecule has 24 heavy (non-hydrogen) atoms. The van der Waals surface area contributed by atoms with Gasteiger partial charge in [0.05, 0.1) is 31.5 Å². The van der Waals surface area contributed by atoms with Crippen LogP contribution < -0.4 is 0 Å². The van der Waals surface area contributed by atoms with Gasteiger partial charge in [0.15, 0.2) is 0 Å². The van der Waals surface area contributed by atoms with Gasteiger partial charge < -0.3 is 14.2 Å². The van der Waals surface area contributed by atoms with E-state index in [0.717, 1.165) is 6.42 Å². The predicted molar refractivity (Wildman–Crippen MR) is 92.5 cm³/mol. The molecule has 1 saturated carbocycles. The Morgan fingerprint density at radius 3 is 1.96 bits per heavy atom. The standard InChI is InChI=1S/C21H24O3/c1-15-20(22-13-16-8-4-2-5-9-16)21(18-12-19(18)24-15)23-14-17-10-6-3-7-11-17/h2-11,15,18-21H,12-14H2,1H3/t15-,18-,19+,20-,21-/m0/s1. The highest BCUT2D eigenvalue weighted by Crippen LogP contribution is 2.46. The average Bonchev–Trinajstić information content (AvgIpc) is 3.39. The molecule has 5 atom stereocenters. The van der Waals surface area contributed by atoms with Crippen molar-refractivity contribution in [1.29, 1.82) is 0 Å². The Balaban J connectivity index is 1.41. The van der Waals surface area contributed by atoms with E-state index in [1.54, 1.807) is 0 Å². The number of hydrogen-bond acceptors (Lipinski definition) is 3. The Bertz CT molecular complexity index is 599. The van der Waals surface area contributed by atoms with Gasteiger partial charge in [0.2, 0.25) is 0 Å². The zero-order valence-corrected chi connectivity index (χ0v) is 14.0. The molecule has 1 aliphatic carbocycles. The molecule has 0 bridgehead atoms. The van der Waals surface area contributed by atoms with Crippen molar-refractivity contribution >= 4 is 0 Å². The van der Waals surface area contributed by atoms with Crippen LogP contribution in [0.25, 0.3) is 0 Å². The fraction of sp³-hybridized carbons (Fsp3) is 0.429. The van der Waals surface area contributed by atoms with E-state index >= 15 is 0 Å². The number of benzene rings is 2. The first-order chi connectivity index (χ1) is 11.8. The molecule has 3 heteroatoms. The van der Waals surface area contributed by atoms with Crippen LogP contribution in [0, 0.1) is 5.92 Å². The highest BCUT2D eigenvalue weighted by molar-refractivity contribution is 5.15. The maximum Gasteiger partial charge on any atom is 0.110 e. The molecule has 0 N–H and O–H groups in total. The normalized spacial score (nSPS) is 31.5. The number of fused-ring (bicyclic) bond motifs is 1. The Labute approximate surface area is 143 Å². The SMILES string of the molecule is C[C@@H]1O[C@@H]2C[C@@H]2[C@H](OCc2ccccc2)[C@H]1OCc1ccccc1. The van der Waals surface area contributed by atoms with Gasteiger partial charge in [0, 0.05) is 5.92 Å². The van der Waals surface area contributed by atoms with E-state index in [-0.39, 0.29) is 18.3 Å². The third-order valence-electron chi connectivity index (χ3n) is 4.95. The minimum absolute atomic E-state index is 0.0160. The smallest absolute Gasteiger partial charge is 0.110 e. The van der Waals surface area contributed by atoms with Crippen LogP contribution in [0.2, 0.25) is 0 Å². The van der Waals surface area contributed by atoms with Gasteiger partial charge >= 0.3 is 0 Å². The van der Waals surface area contributed by atoms with Crippen LogP contribution in [0.4, 0.5) is 0 Å². The Hall–Kier alpha value is -1.68. The topological polar surface area (TPSA) is 27.7 Å². The summed E-state index contributed by atoms with van der Waals surface area (Å²) in [6, 6.07) is 20.6. The minimum atomic E-state index is -0.0160. The minimum Gasteiger partial charge on any atom is -0.372 e.